The Morgan fingerprint density at radius 3 is 1.96 bits per heavy atom. The van der Waals surface area contributed by atoms with Crippen molar-refractivity contribution in [2.75, 3.05) is 34.3 Å². The van der Waals surface area contributed by atoms with Crippen LogP contribution in [0.4, 0.5) is 4.79 Å². The first-order chi connectivity index (χ1) is 24.9. The third-order valence-corrected chi connectivity index (χ3v) is 12.9. The van der Waals surface area contributed by atoms with E-state index in [-0.39, 0.29) is 46.7 Å². The second-order valence-electron chi connectivity index (χ2n) is 16.4. The van der Waals surface area contributed by atoms with E-state index >= 15 is 0 Å². The van der Waals surface area contributed by atoms with Gasteiger partial charge in [-0.25, -0.2) is 14.8 Å². The highest BCUT2D eigenvalue weighted by Crippen LogP contribution is 2.58. The van der Waals surface area contributed by atoms with Gasteiger partial charge in [-0.1, -0.05) is 38.1 Å². The standard InChI is InChI=1S/C40H56N8O4/c1-25(2)33(46(4)5)37(50)48-22-8-9-30(48)34-41-23-29(44-34)27-11-13-28(14-12-27)39-15-18-40(19-16-39,20-17-39)32-24-42-35(45-32)31-10-7-21-47(31)36(49)26(3)43-38(51)52-6/h11-14,23-26,30-31,33H,7-10,15-22H2,1-6H3,(H,41,44)(H,42,45)(H,43,51)/t26?,30-,31-,33+,39?,40?/m0/s1. The van der Waals surface area contributed by atoms with Crippen LogP contribution in [0.1, 0.15) is 120 Å². The molecule has 8 rings (SSSR count). The van der Waals surface area contributed by atoms with Crippen molar-refractivity contribution in [1.82, 2.24) is 40.0 Å². The number of nitrogens with zero attached hydrogens (tertiary/aromatic N) is 5. The molecule has 4 heterocycles. The van der Waals surface area contributed by atoms with Gasteiger partial charge < -0.3 is 29.8 Å². The highest BCUT2D eigenvalue weighted by atomic mass is 16.5. The van der Waals surface area contributed by atoms with Crippen LogP contribution >= 0.6 is 0 Å². The lowest BCUT2D eigenvalue weighted by Gasteiger charge is -2.53. The molecule has 2 aromatic heterocycles. The van der Waals surface area contributed by atoms with Gasteiger partial charge in [-0.3, -0.25) is 14.5 Å². The first-order valence-corrected chi connectivity index (χ1v) is 19.3. The molecule has 5 aliphatic rings. The van der Waals surface area contributed by atoms with Crippen LogP contribution in [0.2, 0.25) is 0 Å². The number of carbonyl (C=O) groups excluding carboxylic acids is 3. The van der Waals surface area contributed by atoms with Gasteiger partial charge in [-0.2, -0.15) is 0 Å². The Labute approximate surface area is 307 Å². The predicted molar refractivity (Wildman–Crippen MR) is 198 cm³/mol. The number of aromatic amines is 2. The lowest BCUT2D eigenvalue weighted by molar-refractivity contribution is -0.138. The van der Waals surface area contributed by atoms with E-state index < -0.39 is 12.1 Å². The Kier molecular flexibility index (Phi) is 9.97. The number of methoxy groups -OCH3 is 1. The molecule has 2 aliphatic heterocycles. The van der Waals surface area contributed by atoms with E-state index in [9.17, 15) is 14.4 Å². The van der Waals surface area contributed by atoms with E-state index in [1.54, 1.807) is 6.92 Å². The van der Waals surface area contributed by atoms with Crippen LogP contribution in [0.3, 0.4) is 0 Å². The minimum Gasteiger partial charge on any atom is -0.453 e. The van der Waals surface area contributed by atoms with Gasteiger partial charge in [-0.05, 0) is 108 Å². The van der Waals surface area contributed by atoms with Crippen LogP contribution in [0.25, 0.3) is 11.3 Å². The number of ether oxygens (including phenoxy) is 1. The molecule has 3 N–H and O–H groups in total. The fourth-order valence-corrected chi connectivity index (χ4v) is 9.90. The predicted octanol–water partition coefficient (Wildman–Crippen LogP) is 6.00. The van der Waals surface area contributed by atoms with Gasteiger partial charge in [0.2, 0.25) is 11.8 Å². The number of alkyl carbamates (subject to hydrolysis) is 1. The highest BCUT2D eigenvalue weighted by Gasteiger charge is 2.51. The average molecular weight is 713 g/mol. The Bertz CT molecular complexity index is 1730. The topological polar surface area (TPSA) is 140 Å². The van der Waals surface area contributed by atoms with Crippen LogP contribution in [-0.4, -0.2) is 98.9 Å². The fraction of sp³-hybridized carbons (Fsp3) is 0.625. The number of hydrogen-bond acceptors (Lipinski definition) is 7. The summed E-state index contributed by atoms with van der Waals surface area (Å²) in [6.45, 7) is 7.34. The van der Waals surface area contributed by atoms with Crippen molar-refractivity contribution in [1.29, 1.82) is 0 Å². The number of aromatic nitrogens is 4. The molecule has 12 nitrogen and oxygen atoms in total. The summed E-state index contributed by atoms with van der Waals surface area (Å²) in [6.07, 6.45) is 13.7. The maximum Gasteiger partial charge on any atom is 0.407 e. The number of likely N-dealkylation sites (tertiary alicyclic amines) is 2. The molecule has 3 aromatic rings. The molecule has 12 heteroatoms. The second-order valence-corrected chi connectivity index (χ2v) is 16.4. The van der Waals surface area contributed by atoms with Crippen molar-refractivity contribution in [3.8, 4) is 11.3 Å². The van der Waals surface area contributed by atoms with E-state index in [2.05, 4.69) is 58.1 Å². The smallest absolute Gasteiger partial charge is 0.407 e. The molecule has 1 aromatic carbocycles. The maximum absolute atomic E-state index is 13.6. The normalized spacial score (nSPS) is 27.0. The molecule has 280 valence electrons. The number of amides is 3. The van der Waals surface area contributed by atoms with Crippen LogP contribution < -0.4 is 5.32 Å². The summed E-state index contributed by atoms with van der Waals surface area (Å²) in [5.41, 5.74) is 4.99. The molecule has 5 fully saturated rings. The first kappa shape index (κ1) is 36.2. The highest BCUT2D eigenvalue weighted by molar-refractivity contribution is 5.85. The monoisotopic (exact) mass is 712 g/mol. The minimum atomic E-state index is -0.664. The van der Waals surface area contributed by atoms with Crippen molar-refractivity contribution in [2.24, 2.45) is 5.92 Å². The van der Waals surface area contributed by atoms with Gasteiger partial charge in [0.25, 0.3) is 0 Å². The minimum absolute atomic E-state index is 0.0186. The van der Waals surface area contributed by atoms with Crippen LogP contribution in [0.15, 0.2) is 36.7 Å². The summed E-state index contributed by atoms with van der Waals surface area (Å²) in [4.78, 5) is 61.3. The largest absolute Gasteiger partial charge is 0.453 e. The quantitative estimate of drug-likeness (QED) is 0.234. The van der Waals surface area contributed by atoms with E-state index in [0.717, 1.165) is 93.7 Å². The van der Waals surface area contributed by atoms with Crippen molar-refractivity contribution >= 4 is 17.9 Å². The number of likely N-dealkylation sites (N-methyl/N-ethyl adjacent to an activating group) is 1. The average Bonchev–Trinajstić information content (AvgIpc) is 3.98. The molecule has 0 radical (unpaired) electrons. The molecule has 4 atom stereocenters. The van der Waals surface area contributed by atoms with E-state index in [1.165, 1.54) is 18.4 Å². The number of H-pyrrole nitrogens is 2. The summed E-state index contributed by atoms with van der Waals surface area (Å²) in [5.74, 6) is 2.03. The summed E-state index contributed by atoms with van der Waals surface area (Å²) in [5, 5.41) is 2.61. The Balaban J connectivity index is 0.995. The van der Waals surface area contributed by atoms with E-state index in [4.69, 9.17) is 9.97 Å². The van der Waals surface area contributed by atoms with Gasteiger partial charge in [0.1, 0.15) is 17.7 Å². The number of imidazole rings is 2. The van der Waals surface area contributed by atoms with E-state index in [1.807, 2.05) is 41.2 Å². The molecule has 1 unspecified atom stereocenters. The van der Waals surface area contributed by atoms with E-state index in [0.29, 0.717) is 6.54 Å². The zero-order chi connectivity index (χ0) is 36.8. The lowest BCUT2D eigenvalue weighted by atomic mass is 9.51. The molecular weight excluding hydrogens is 656 g/mol. The third kappa shape index (κ3) is 6.52. The summed E-state index contributed by atoms with van der Waals surface area (Å²) in [7, 11) is 5.27. The van der Waals surface area contributed by atoms with Gasteiger partial charge in [-0.15, -0.1) is 0 Å². The molecule has 0 spiro atoms. The number of rotatable bonds is 10. The summed E-state index contributed by atoms with van der Waals surface area (Å²) >= 11 is 0. The van der Waals surface area contributed by atoms with Crippen molar-refractivity contribution in [3.05, 3.63) is 59.6 Å². The number of hydrogen-bond donors (Lipinski definition) is 3. The summed E-state index contributed by atoms with van der Waals surface area (Å²) < 4.78 is 4.69. The second kappa shape index (κ2) is 14.3. The Hall–Kier alpha value is -4.19. The van der Waals surface area contributed by atoms with Gasteiger partial charge >= 0.3 is 6.09 Å². The van der Waals surface area contributed by atoms with Crippen LogP contribution in [0, 0.1) is 5.92 Å². The molecule has 3 saturated carbocycles. The third-order valence-electron chi connectivity index (χ3n) is 12.9. The molecule has 52 heavy (non-hydrogen) atoms. The number of benzene rings is 1. The van der Waals surface area contributed by atoms with Crippen molar-refractivity contribution in [3.63, 3.8) is 0 Å². The molecule has 2 bridgehead atoms. The Morgan fingerprint density at radius 2 is 1.38 bits per heavy atom. The number of nitrogens with one attached hydrogen (secondary N) is 3. The van der Waals surface area contributed by atoms with Crippen molar-refractivity contribution in [2.45, 2.75) is 120 Å². The SMILES string of the molecule is COC(=O)NC(C)C(=O)N1CCC[C@H]1c1ncc(C23CCC(c4ccc(-c5cnc([C@@H]6CCCN6C(=O)[C@@H](C(C)C)N(C)C)[nH]5)cc4)(CC2)CC3)[nH]1. The molecule has 2 saturated heterocycles. The zero-order valence-electron chi connectivity index (χ0n) is 31.7. The molecule has 3 aliphatic carbocycles. The van der Waals surface area contributed by atoms with Gasteiger partial charge in [0.05, 0.1) is 37.1 Å². The van der Waals surface area contributed by atoms with Crippen LogP contribution in [-0.2, 0) is 25.2 Å². The number of fused-ring (bicyclic) bond motifs is 3. The summed E-state index contributed by atoms with van der Waals surface area (Å²) in [6, 6.07) is 8.16. The molecule has 3 amide bonds. The maximum atomic E-state index is 13.6. The lowest BCUT2D eigenvalue weighted by Crippen LogP contribution is -2.48. The van der Waals surface area contributed by atoms with Gasteiger partial charge in [0.15, 0.2) is 0 Å². The van der Waals surface area contributed by atoms with Gasteiger partial charge in [0, 0.05) is 30.4 Å². The zero-order valence-corrected chi connectivity index (χ0v) is 31.7. The number of carbonyl (C=O) groups is 3. The Morgan fingerprint density at radius 1 is 0.827 bits per heavy atom. The fourth-order valence-electron chi connectivity index (χ4n) is 9.90. The van der Waals surface area contributed by atoms with Crippen LogP contribution in [0.5, 0.6) is 0 Å². The first-order valence-electron chi connectivity index (χ1n) is 19.3. The van der Waals surface area contributed by atoms with Crippen molar-refractivity contribution < 1.29 is 19.1 Å². The molecular formula is C40H56N8O4.